The molecule has 1 N–H and O–H groups in total. The molecule has 0 aliphatic heterocycles. The monoisotopic (exact) mass is 196 g/mol. The van der Waals surface area contributed by atoms with Gasteiger partial charge in [0, 0.05) is 0 Å². The summed E-state index contributed by atoms with van der Waals surface area (Å²) in [7, 11) is 0. The standard InChI is InChI=1S/C8H11ClF2O/c9-7(11)6(10)8(12)4-2-1-3-5-8/h12H,1-5H2. The van der Waals surface area contributed by atoms with E-state index in [1.165, 1.54) is 0 Å². The SMILES string of the molecule is OC1(C(F)=C(F)Cl)CCCCC1. The predicted molar refractivity (Wildman–Crippen MR) is 43.1 cm³/mol. The fourth-order valence-electron chi connectivity index (χ4n) is 1.53. The van der Waals surface area contributed by atoms with Gasteiger partial charge in [-0.1, -0.05) is 19.3 Å². The van der Waals surface area contributed by atoms with Crippen molar-refractivity contribution < 1.29 is 13.9 Å². The molecule has 0 aromatic heterocycles. The molecule has 1 saturated carbocycles. The molecule has 1 aliphatic carbocycles. The Morgan fingerprint density at radius 1 is 1.17 bits per heavy atom. The minimum atomic E-state index is -1.63. The molecule has 0 aromatic carbocycles. The largest absolute Gasteiger partial charge is 0.383 e. The van der Waals surface area contributed by atoms with Crippen LogP contribution in [-0.2, 0) is 0 Å². The van der Waals surface area contributed by atoms with Crippen LogP contribution in [0.1, 0.15) is 32.1 Å². The van der Waals surface area contributed by atoms with Crippen LogP contribution < -0.4 is 0 Å². The summed E-state index contributed by atoms with van der Waals surface area (Å²) in [4.78, 5) is 0. The van der Waals surface area contributed by atoms with Crippen LogP contribution in [0.25, 0.3) is 0 Å². The summed E-state index contributed by atoms with van der Waals surface area (Å²) < 4.78 is 25.2. The summed E-state index contributed by atoms with van der Waals surface area (Å²) in [5.74, 6) is -1.20. The molecule has 0 spiro atoms. The van der Waals surface area contributed by atoms with Gasteiger partial charge in [-0.2, -0.15) is 4.39 Å². The molecule has 0 aromatic rings. The van der Waals surface area contributed by atoms with Crippen molar-refractivity contribution in [3.8, 4) is 0 Å². The molecule has 1 aliphatic rings. The Morgan fingerprint density at radius 2 is 1.67 bits per heavy atom. The van der Waals surface area contributed by atoms with Crippen LogP contribution in [-0.4, -0.2) is 10.7 Å². The molecular weight excluding hydrogens is 186 g/mol. The molecule has 1 fully saturated rings. The van der Waals surface area contributed by atoms with Crippen LogP contribution in [0.4, 0.5) is 8.78 Å². The summed E-state index contributed by atoms with van der Waals surface area (Å²) in [6.45, 7) is 0. The van der Waals surface area contributed by atoms with Gasteiger partial charge in [-0.3, -0.25) is 0 Å². The van der Waals surface area contributed by atoms with Crippen LogP contribution >= 0.6 is 11.6 Å². The average molecular weight is 197 g/mol. The van der Waals surface area contributed by atoms with E-state index in [1.807, 2.05) is 0 Å². The smallest absolute Gasteiger partial charge is 0.223 e. The van der Waals surface area contributed by atoms with Crippen LogP contribution in [0.5, 0.6) is 0 Å². The Bertz CT molecular complexity index is 193. The maximum Gasteiger partial charge on any atom is 0.223 e. The van der Waals surface area contributed by atoms with Crippen LogP contribution in [0.15, 0.2) is 11.1 Å². The summed E-state index contributed by atoms with van der Waals surface area (Å²) >= 11 is 4.83. The Kier molecular flexibility index (Phi) is 3.07. The van der Waals surface area contributed by atoms with E-state index in [0.717, 1.165) is 6.42 Å². The average Bonchev–Trinajstić information content (AvgIpc) is 2.04. The lowest BCUT2D eigenvalue weighted by atomic mass is 9.84. The molecule has 1 nitrogen and oxygen atoms in total. The Labute approximate surface area is 75.0 Å². The van der Waals surface area contributed by atoms with Crippen molar-refractivity contribution in [3.05, 3.63) is 11.1 Å². The predicted octanol–water partition coefficient (Wildman–Crippen LogP) is 3.03. The Balaban J connectivity index is 2.76. The summed E-state index contributed by atoms with van der Waals surface area (Å²) in [6, 6.07) is 0. The third kappa shape index (κ3) is 1.96. The van der Waals surface area contributed by atoms with Crippen molar-refractivity contribution in [2.45, 2.75) is 37.7 Å². The summed E-state index contributed by atoms with van der Waals surface area (Å²) in [6.07, 6.45) is 2.92. The molecule has 0 radical (unpaired) electrons. The van der Waals surface area contributed by atoms with Crippen molar-refractivity contribution in [1.82, 2.24) is 0 Å². The first-order valence-electron chi connectivity index (χ1n) is 4.00. The second-order valence-electron chi connectivity index (χ2n) is 3.17. The summed E-state index contributed by atoms with van der Waals surface area (Å²) in [5, 5.41) is 8.14. The molecular formula is C8H11ClF2O. The first-order valence-corrected chi connectivity index (χ1v) is 4.38. The highest BCUT2D eigenvalue weighted by atomic mass is 35.5. The molecule has 0 unspecified atom stereocenters. The van der Waals surface area contributed by atoms with Gasteiger partial charge in [0.2, 0.25) is 5.29 Å². The molecule has 4 heteroatoms. The maximum atomic E-state index is 12.9. The highest BCUT2D eigenvalue weighted by molar-refractivity contribution is 6.28. The minimum Gasteiger partial charge on any atom is -0.383 e. The van der Waals surface area contributed by atoms with Gasteiger partial charge in [-0.05, 0) is 24.4 Å². The topological polar surface area (TPSA) is 20.2 Å². The normalized spacial score (nSPS) is 25.0. The lowest BCUT2D eigenvalue weighted by molar-refractivity contribution is 0.0169. The molecule has 0 bridgehead atoms. The molecule has 70 valence electrons. The van der Waals surface area contributed by atoms with Gasteiger partial charge < -0.3 is 5.11 Å². The van der Waals surface area contributed by atoms with Crippen molar-refractivity contribution in [1.29, 1.82) is 0 Å². The number of hydrogen-bond acceptors (Lipinski definition) is 1. The van der Waals surface area contributed by atoms with Crippen LogP contribution in [0, 0.1) is 0 Å². The first-order chi connectivity index (χ1) is 5.56. The van der Waals surface area contributed by atoms with Crippen molar-refractivity contribution >= 4 is 11.6 Å². The Morgan fingerprint density at radius 3 is 2.08 bits per heavy atom. The molecule has 1 rings (SSSR count). The Hall–Kier alpha value is -0.150. The van der Waals surface area contributed by atoms with Crippen molar-refractivity contribution in [2.24, 2.45) is 0 Å². The van der Waals surface area contributed by atoms with E-state index in [-0.39, 0.29) is 12.8 Å². The van der Waals surface area contributed by atoms with E-state index >= 15 is 0 Å². The van der Waals surface area contributed by atoms with E-state index in [2.05, 4.69) is 0 Å². The second-order valence-corrected chi connectivity index (χ2v) is 3.50. The van der Waals surface area contributed by atoms with Gasteiger partial charge in [0.15, 0.2) is 5.83 Å². The van der Waals surface area contributed by atoms with Crippen molar-refractivity contribution in [3.63, 3.8) is 0 Å². The van der Waals surface area contributed by atoms with Gasteiger partial charge in [-0.15, -0.1) is 0 Å². The van der Waals surface area contributed by atoms with Gasteiger partial charge in [0.25, 0.3) is 0 Å². The van der Waals surface area contributed by atoms with Crippen molar-refractivity contribution in [2.75, 3.05) is 0 Å². The van der Waals surface area contributed by atoms with Gasteiger partial charge in [-0.25, -0.2) is 4.39 Å². The van der Waals surface area contributed by atoms with Gasteiger partial charge in [0.05, 0.1) is 0 Å². The van der Waals surface area contributed by atoms with E-state index in [9.17, 15) is 13.9 Å². The van der Waals surface area contributed by atoms with E-state index < -0.39 is 16.7 Å². The zero-order chi connectivity index (χ0) is 9.19. The van der Waals surface area contributed by atoms with Gasteiger partial charge >= 0.3 is 0 Å². The number of hydrogen-bond donors (Lipinski definition) is 1. The molecule has 0 heterocycles. The third-order valence-corrected chi connectivity index (χ3v) is 2.42. The van der Waals surface area contributed by atoms with Gasteiger partial charge in [0.1, 0.15) is 5.60 Å². The lowest BCUT2D eigenvalue weighted by Crippen LogP contribution is -2.32. The fourth-order valence-corrected chi connectivity index (χ4v) is 1.71. The third-order valence-electron chi connectivity index (χ3n) is 2.26. The zero-order valence-electron chi connectivity index (χ0n) is 6.62. The molecule has 0 atom stereocenters. The van der Waals surface area contributed by atoms with Crippen LogP contribution in [0.3, 0.4) is 0 Å². The molecule has 0 amide bonds. The zero-order valence-corrected chi connectivity index (χ0v) is 7.37. The van der Waals surface area contributed by atoms with E-state index in [0.29, 0.717) is 12.8 Å². The highest BCUT2D eigenvalue weighted by Gasteiger charge is 2.36. The quantitative estimate of drug-likeness (QED) is 0.684. The highest BCUT2D eigenvalue weighted by Crippen LogP contribution is 2.37. The first kappa shape index (κ1) is 9.93. The molecule has 12 heavy (non-hydrogen) atoms. The minimum absolute atomic E-state index is 0.263. The lowest BCUT2D eigenvalue weighted by Gasteiger charge is -2.29. The van der Waals surface area contributed by atoms with E-state index in [1.54, 1.807) is 0 Å². The second kappa shape index (κ2) is 3.71. The fraction of sp³-hybridized carbons (Fsp3) is 0.750. The van der Waals surface area contributed by atoms with E-state index in [4.69, 9.17) is 11.6 Å². The maximum absolute atomic E-state index is 12.9. The molecule has 0 saturated heterocycles. The number of rotatable bonds is 1. The van der Waals surface area contributed by atoms with Crippen LogP contribution in [0.2, 0.25) is 0 Å². The number of halogens is 3. The summed E-state index contributed by atoms with van der Waals surface area (Å²) in [5.41, 5.74) is -1.63. The number of aliphatic hydroxyl groups is 1.